The van der Waals surface area contributed by atoms with Gasteiger partial charge in [0.2, 0.25) is 5.89 Å². The van der Waals surface area contributed by atoms with Gasteiger partial charge in [0.25, 0.3) is 0 Å². The first kappa shape index (κ1) is 17.9. The average Bonchev–Trinajstić information content (AvgIpc) is 3.04. The molecule has 1 atom stereocenters. The zero-order chi connectivity index (χ0) is 17.5. The van der Waals surface area contributed by atoms with Gasteiger partial charge >= 0.3 is 6.03 Å². The van der Waals surface area contributed by atoms with Gasteiger partial charge < -0.3 is 14.7 Å². The summed E-state index contributed by atoms with van der Waals surface area (Å²) in [6.07, 6.45) is 3.77. The minimum absolute atomic E-state index is 0.0514. The molecule has 2 aromatic heterocycles. The first-order chi connectivity index (χ1) is 11.5. The number of aromatic nitrogens is 3. The van der Waals surface area contributed by atoms with Crippen LogP contribution < -0.4 is 5.32 Å². The Morgan fingerprint density at radius 2 is 2.25 bits per heavy atom. The van der Waals surface area contributed by atoms with E-state index in [2.05, 4.69) is 20.4 Å². The lowest BCUT2D eigenvalue weighted by atomic mass is 10.1. The summed E-state index contributed by atoms with van der Waals surface area (Å²) in [5.41, 5.74) is 2.16. The summed E-state index contributed by atoms with van der Waals surface area (Å²) >= 11 is 0. The molecule has 2 aromatic rings. The summed E-state index contributed by atoms with van der Waals surface area (Å²) in [5, 5.41) is 6.75. The first-order valence-electron chi connectivity index (χ1n) is 8.23. The molecule has 2 amide bonds. The van der Waals surface area contributed by atoms with Crippen LogP contribution in [-0.4, -0.2) is 45.7 Å². The molecule has 0 saturated heterocycles. The lowest BCUT2D eigenvalue weighted by Crippen LogP contribution is -2.44. The van der Waals surface area contributed by atoms with E-state index in [1.54, 1.807) is 18.1 Å². The van der Waals surface area contributed by atoms with E-state index in [9.17, 15) is 4.79 Å². The molecule has 2 heterocycles. The highest BCUT2D eigenvalue weighted by Crippen LogP contribution is 2.09. The van der Waals surface area contributed by atoms with Crippen LogP contribution in [0.3, 0.4) is 0 Å². The molecule has 0 aromatic carbocycles. The number of nitrogens with zero attached hydrogens (tertiary/aromatic N) is 4. The average molecular weight is 331 g/mol. The second-order valence-electron chi connectivity index (χ2n) is 5.87. The Balaban J connectivity index is 1.79. The molecule has 0 aliphatic carbocycles. The molecule has 1 unspecified atom stereocenters. The van der Waals surface area contributed by atoms with Crippen molar-refractivity contribution in [3.63, 3.8) is 0 Å². The molecular weight excluding hydrogens is 306 g/mol. The zero-order valence-corrected chi connectivity index (χ0v) is 14.7. The predicted molar refractivity (Wildman–Crippen MR) is 90.7 cm³/mol. The van der Waals surface area contributed by atoms with Crippen molar-refractivity contribution in [2.24, 2.45) is 0 Å². The highest BCUT2D eigenvalue weighted by molar-refractivity contribution is 5.74. The minimum Gasteiger partial charge on any atom is -0.339 e. The Hall–Kier alpha value is -2.44. The quantitative estimate of drug-likeness (QED) is 0.840. The van der Waals surface area contributed by atoms with Crippen LogP contribution in [-0.2, 0) is 19.3 Å². The highest BCUT2D eigenvalue weighted by Gasteiger charge is 2.17. The van der Waals surface area contributed by atoms with E-state index in [4.69, 9.17) is 4.52 Å². The number of likely N-dealkylation sites (N-methyl/N-ethyl adjacent to an activating group) is 1. The third-order valence-corrected chi connectivity index (χ3v) is 4.03. The Bertz CT molecular complexity index is 671. The molecule has 1 N–H and O–H groups in total. The van der Waals surface area contributed by atoms with Crippen LogP contribution in [0.4, 0.5) is 4.79 Å². The molecule has 2 rings (SSSR count). The van der Waals surface area contributed by atoms with E-state index < -0.39 is 0 Å². The van der Waals surface area contributed by atoms with Gasteiger partial charge in [-0.05, 0) is 25.5 Å². The molecule has 0 aliphatic rings. The number of hydrogen-bond donors (Lipinski definition) is 1. The molecule has 0 aliphatic heterocycles. The third-order valence-electron chi connectivity index (χ3n) is 4.03. The predicted octanol–water partition coefficient (Wildman–Crippen LogP) is 2.15. The van der Waals surface area contributed by atoms with Crippen molar-refractivity contribution in [2.75, 3.05) is 13.6 Å². The Morgan fingerprint density at radius 1 is 1.46 bits per heavy atom. The van der Waals surface area contributed by atoms with Crippen molar-refractivity contribution in [1.29, 1.82) is 0 Å². The summed E-state index contributed by atoms with van der Waals surface area (Å²) < 4.78 is 5.04. The van der Waals surface area contributed by atoms with Gasteiger partial charge in [-0.25, -0.2) is 4.79 Å². The van der Waals surface area contributed by atoms with E-state index in [0.29, 0.717) is 31.1 Å². The molecular formula is C17H25N5O2. The maximum atomic E-state index is 12.2. The number of aryl methyl sites for hydroxylation is 2. The maximum Gasteiger partial charge on any atom is 0.317 e. The van der Waals surface area contributed by atoms with Gasteiger partial charge in [0, 0.05) is 50.8 Å². The molecule has 7 nitrogen and oxygen atoms in total. The minimum atomic E-state index is -0.115. The lowest BCUT2D eigenvalue weighted by Gasteiger charge is -2.25. The number of nitrogens with one attached hydrogen (secondary N) is 1. The standard InChI is InChI=1S/C17H25N5O2/c1-5-16-20-15(21-24-16)8-10-19-17(23)22(4)13(3)11-14-12(2)7-6-9-18-14/h6-7,9,13H,5,8,10-11H2,1-4H3,(H,19,23). The molecule has 7 heteroatoms. The third kappa shape index (κ3) is 4.78. The zero-order valence-electron chi connectivity index (χ0n) is 14.7. The topological polar surface area (TPSA) is 84.2 Å². The first-order valence-corrected chi connectivity index (χ1v) is 8.23. The number of rotatable bonds is 7. The summed E-state index contributed by atoms with van der Waals surface area (Å²) in [6.45, 7) is 6.48. The fraction of sp³-hybridized carbons (Fsp3) is 0.529. The van der Waals surface area contributed by atoms with Crippen LogP contribution in [0.25, 0.3) is 0 Å². The van der Waals surface area contributed by atoms with Gasteiger partial charge in [0.1, 0.15) is 0 Å². The molecule has 0 radical (unpaired) electrons. The molecule has 0 saturated carbocycles. The molecule has 24 heavy (non-hydrogen) atoms. The number of carbonyl (C=O) groups excluding carboxylic acids is 1. The summed E-state index contributed by atoms with van der Waals surface area (Å²) in [4.78, 5) is 22.5. The van der Waals surface area contributed by atoms with Gasteiger partial charge in [0.15, 0.2) is 5.82 Å². The Labute approximate surface area is 142 Å². The Kier molecular flexibility index (Phi) is 6.28. The van der Waals surface area contributed by atoms with E-state index in [1.165, 1.54) is 0 Å². The van der Waals surface area contributed by atoms with Crippen molar-refractivity contribution in [3.05, 3.63) is 41.3 Å². The monoisotopic (exact) mass is 331 g/mol. The van der Waals surface area contributed by atoms with Crippen LogP contribution in [0.5, 0.6) is 0 Å². The number of urea groups is 1. The number of carbonyl (C=O) groups is 1. The lowest BCUT2D eigenvalue weighted by molar-refractivity contribution is 0.193. The van der Waals surface area contributed by atoms with Gasteiger partial charge in [-0.3, -0.25) is 4.98 Å². The highest BCUT2D eigenvalue weighted by atomic mass is 16.5. The van der Waals surface area contributed by atoms with Crippen LogP contribution >= 0.6 is 0 Å². The van der Waals surface area contributed by atoms with Crippen molar-refractivity contribution in [1.82, 2.24) is 25.3 Å². The van der Waals surface area contributed by atoms with Crippen molar-refractivity contribution in [2.45, 2.75) is 46.1 Å². The Morgan fingerprint density at radius 3 is 2.92 bits per heavy atom. The van der Waals surface area contributed by atoms with E-state index in [1.807, 2.05) is 32.9 Å². The fourth-order valence-electron chi connectivity index (χ4n) is 2.29. The van der Waals surface area contributed by atoms with Crippen LogP contribution in [0, 0.1) is 6.92 Å². The molecule has 130 valence electrons. The summed E-state index contributed by atoms with van der Waals surface area (Å²) in [6, 6.07) is 3.89. The second kappa shape index (κ2) is 8.42. The summed E-state index contributed by atoms with van der Waals surface area (Å²) in [5.74, 6) is 1.24. The SMILES string of the molecule is CCc1nc(CCNC(=O)N(C)C(C)Cc2ncccc2C)no1. The summed E-state index contributed by atoms with van der Waals surface area (Å²) in [7, 11) is 1.79. The van der Waals surface area contributed by atoms with Gasteiger partial charge in [-0.15, -0.1) is 0 Å². The molecule has 0 fully saturated rings. The van der Waals surface area contributed by atoms with Crippen molar-refractivity contribution < 1.29 is 9.32 Å². The van der Waals surface area contributed by atoms with Gasteiger partial charge in [-0.2, -0.15) is 4.98 Å². The number of amides is 2. The fourth-order valence-corrected chi connectivity index (χ4v) is 2.29. The largest absolute Gasteiger partial charge is 0.339 e. The van der Waals surface area contributed by atoms with Crippen molar-refractivity contribution >= 4 is 6.03 Å². The maximum absolute atomic E-state index is 12.2. The number of hydrogen-bond acceptors (Lipinski definition) is 5. The van der Waals surface area contributed by atoms with Gasteiger partial charge in [0.05, 0.1) is 0 Å². The van der Waals surface area contributed by atoms with E-state index in [0.717, 1.165) is 17.7 Å². The van der Waals surface area contributed by atoms with Crippen molar-refractivity contribution in [3.8, 4) is 0 Å². The normalized spacial score (nSPS) is 12.0. The molecule has 0 bridgehead atoms. The van der Waals surface area contributed by atoms with Crippen LogP contribution in [0.2, 0.25) is 0 Å². The number of pyridine rings is 1. The smallest absolute Gasteiger partial charge is 0.317 e. The van der Waals surface area contributed by atoms with E-state index >= 15 is 0 Å². The van der Waals surface area contributed by atoms with Crippen LogP contribution in [0.15, 0.2) is 22.9 Å². The van der Waals surface area contributed by atoms with E-state index in [-0.39, 0.29) is 12.1 Å². The van der Waals surface area contributed by atoms with Crippen LogP contribution in [0.1, 0.15) is 36.8 Å². The second-order valence-corrected chi connectivity index (χ2v) is 5.87. The molecule has 0 spiro atoms. The van der Waals surface area contributed by atoms with Gasteiger partial charge in [-0.1, -0.05) is 18.1 Å².